The first kappa shape index (κ1) is 18.1. The van der Waals surface area contributed by atoms with E-state index >= 15 is 0 Å². The van der Waals surface area contributed by atoms with Crippen LogP contribution < -0.4 is 0 Å². The van der Waals surface area contributed by atoms with Crippen LogP contribution in [0.4, 0.5) is 0 Å². The first-order valence-corrected chi connectivity index (χ1v) is 8.49. The van der Waals surface area contributed by atoms with Crippen LogP contribution in [0.2, 0.25) is 12.1 Å². The maximum Gasteiger partial charge on any atom is 0.114 e. The van der Waals surface area contributed by atoms with Gasteiger partial charge in [-0.25, -0.2) is 0 Å². The zero-order valence-electron chi connectivity index (χ0n) is 13.6. The molecule has 0 heterocycles. The lowest BCUT2D eigenvalue weighted by atomic mass is 9.51. The Morgan fingerprint density at radius 2 is 1.06 bits per heavy atom. The van der Waals surface area contributed by atoms with Crippen LogP contribution >= 0.6 is 0 Å². The molecule has 0 aliphatic rings. The molecule has 0 saturated carbocycles. The zero-order valence-corrected chi connectivity index (χ0v) is 13.6. The van der Waals surface area contributed by atoms with Crippen molar-refractivity contribution in [2.75, 3.05) is 0 Å². The fourth-order valence-corrected chi connectivity index (χ4v) is 2.68. The molecule has 0 aliphatic heterocycles. The predicted octanol–water partition coefficient (Wildman–Crippen LogP) is 6.64. The average molecular weight is 251 g/mol. The molecule has 0 aromatic rings. The molecule has 1 radical (unpaired) electrons. The highest BCUT2D eigenvalue weighted by molar-refractivity contribution is 6.38. The highest BCUT2D eigenvalue weighted by Crippen LogP contribution is 2.37. The quantitative estimate of drug-likeness (QED) is 0.254. The summed E-state index contributed by atoms with van der Waals surface area (Å²) in [6.07, 6.45) is 17.0. The molecule has 0 amide bonds. The Balaban J connectivity index is 3.60. The van der Waals surface area contributed by atoms with Crippen LogP contribution in [0.25, 0.3) is 0 Å². The van der Waals surface area contributed by atoms with Crippen LogP contribution in [0.1, 0.15) is 97.8 Å². The molecule has 0 rings (SSSR count). The third-order valence-corrected chi connectivity index (χ3v) is 4.40. The van der Waals surface area contributed by atoms with Crippen LogP contribution in [-0.2, 0) is 0 Å². The van der Waals surface area contributed by atoms with Crippen LogP contribution in [0.3, 0.4) is 0 Å². The third kappa shape index (κ3) is 10.0. The molecule has 0 saturated heterocycles. The van der Waals surface area contributed by atoms with Crippen molar-refractivity contribution in [2.45, 2.75) is 110 Å². The summed E-state index contributed by atoms with van der Waals surface area (Å²) in [7, 11) is 2.46. The molecule has 0 bridgehead atoms. The number of rotatable bonds is 13. The predicted molar refractivity (Wildman–Crippen MR) is 86.7 cm³/mol. The standard InChI is InChI=1S/C17H36B/c1-5-7-9-11-13-15-17(3,18-4)16-14-12-10-8-6-2/h5-16H2,1-4H3. The summed E-state index contributed by atoms with van der Waals surface area (Å²) in [4.78, 5) is 0. The van der Waals surface area contributed by atoms with E-state index in [1.807, 2.05) is 0 Å². The lowest BCUT2D eigenvalue weighted by Crippen LogP contribution is -2.14. The van der Waals surface area contributed by atoms with E-state index in [9.17, 15) is 0 Å². The molecule has 0 atom stereocenters. The molecular weight excluding hydrogens is 215 g/mol. The van der Waals surface area contributed by atoms with Gasteiger partial charge < -0.3 is 0 Å². The van der Waals surface area contributed by atoms with Gasteiger partial charge in [-0.3, -0.25) is 0 Å². The Morgan fingerprint density at radius 3 is 1.39 bits per heavy atom. The van der Waals surface area contributed by atoms with Crippen molar-refractivity contribution in [1.29, 1.82) is 0 Å². The van der Waals surface area contributed by atoms with E-state index in [0.29, 0.717) is 5.31 Å². The van der Waals surface area contributed by atoms with Gasteiger partial charge in [0.05, 0.1) is 0 Å². The Kier molecular flexibility index (Phi) is 12.2. The van der Waals surface area contributed by atoms with Crippen LogP contribution in [0.5, 0.6) is 0 Å². The van der Waals surface area contributed by atoms with Crippen LogP contribution in [0.15, 0.2) is 0 Å². The summed E-state index contributed by atoms with van der Waals surface area (Å²) in [5.41, 5.74) is 0. The second-order valence-corrected chi connectivity index (χ2v) is 6.27. The highest BCUT2D eigenvalue weighted by Gasteiger charge is 2.21. The van der Waals surface area contributed by atoms with Crippen LogP contribution in [0, 0.1) is 0 Å². The molecular formula is C17H36B. The van der Waals surface area contributed by atoms with Crippen molar-refractivity contribution in [1.82, 2.24) is 0 Å². The number of unbranched alkanes of at least 4 members (excludes halogenated alkanes) is 8. The molecule has 1 heteroatoms. The lowest BCUT2D eigenvalue weighted by Gasteiger charge is -2.28. The molecule has 0 aromatic heterocycles. The fraction of sp³-hybridized carbons (Fsp3) is 1.00. The molecule has 0 spiro atoms. The summed E-state index contributed by atoms with van der Waals surface area (Å²) < 4.78 is 0. The number of hydrogen-bond acceptors (Lipinski definition) is 0. The highest BCUT2D eigenvalue weighted by atomic mass is 14.2. The van der Waals surface area contributed by atoms with Crippen molar-refractivity contribution in [3.63, 3.8) is 0 Å². The van der Waals surface area contributed by atoms with Gasteiger partial charge in [-0.2, -0.15) is 0 Å². The SMILES string of the molecule is C[B]C(C)(CCCCCCC)CCCCCCC. The van der Waals surface area contributed by atoms with E-state index in [4.69, 9.17) is 0 Å². The summed E-state index contributed by atoms with van der Waals surface area (Å²) in [6, 6.07) is 0. The van der Waals surface area contributed by atoms with Gasteiger partial charge in [-0.05, 0) is 0 Å². The monoisotopic (exact) mass is 251 g/mol. The summed E-state index contributed by atoms with van der Waals surface area (Å²) >= 11 is 0. The second-order valence-electron chi connectivity index (χ2n) is 6.27. The Morgan fingerprint density at radius 1 is 0.667 bits per heavy atom. The smallest absolute Gasteiger partial charge is 0.0914 e. The minimum absolute atomic E-state index is 0.512. The molecule has 0 aliphatic carbocycles. The minimum atomic E-state index is 0.512. The Labute approximate surface area is 118 Å². The lowest BCUT2D eigenvalue weighted by molar-refractivity contribution is 0.447. The Hall–Kier alpha value is 0.0649. The Bertz CT molecular complexity index is 151. The third-order valence-electron chi connectivity index (χ3n) is 4.40. The van der Waals surface area contributed by atoms with Crippen LogP contribution in [-0.4, -0.2) is 7.28 Å². The molecule has 107 valence electrons. The molecule has 0 nitrogen and oxygen atoms in total. The first-order chi connectivity index (χ1) is 8.68. The van der Waals surface area contributed by atoms with Gasteiger partial charge in [-0.1, -0.05) is 110 Å². The molecule has 0 N–H and O–H groups in total. The summed E-state index contributed by atoms with van der Waals surface area (Å²) in [5, 5.41) is 0.512. The molecule has 0 aromatic carbocycles. The van der Waals surface area contributed by atoms with E-state index < -0.39 is 0 Å². The van der Waals surface area contributed by atoms with E-state index in [-0.39, 0.29) is 0 Å². The summed E-state index contributed by atoms with van der Waals surface area (Å²) in [6.45, 7) is 9.31. The molecule has 0 unspecified atom stereocenters. The maximum absolute atomic E-state index is 2.46. The first-order valence-electron chi connectivity index (χ1n) is 8.49. The maximum atomic E-state index is 2.46. The van der Waals surface area contributed by atoms with E-state index in [0.717, 1.165) is 0 Å². The van der Waals surface area contributed by atoms with Crippen molar-refractivity contribution in [3.05, 3.63) is 0 Å². The van der Waals surface area contributed by atoms with Gasteiger partial charge in [-0.15, -0.1) is 0 Å². The van der Waals surface area contributed by atoms with Gasteiger partial charge in [0.15, 0.2) is 0 Å². The van der Waals surface area contributed by atoms with E-state index in [2.05, 4.69) is 34.9 Å². The van der Waals surface area contributed by atoms with Crippen molar-refractivity contribution < 1.29 is 0 Å². The molecule has 18 heavy (non-hydrogen) atoms. The molecule has 0 fully saturated rings. The van der Waals surface area contributed by atoms with E-state index in [1.165, 1.54) is 77.0 Å². The topological polar surface area (TPSA) is 0 Å². The van der Waals surface area contributed by atoms with Gasteiger partial charge in [0.1, 0.15) is 7.28 Å². The van der Waals surface area contributed by atoms with Gasteiger partial charge in [0.2, 0.25) is 0 Å². The second kappa shape index (κ2) is 12.1. The fourth-order valence-electron chi connectivity index (χ4n) is 2.68. The largest absolute Gasteiger partial charge is 0.114 e. The zero-order chi connectivity index (χ0) is 13.7. The van der Waals surface area contributed by atoms with E-state index in [1.54, 1.807) is 0 Å². The van der Waals surface area contributed by atoms with Crippen molar-refractivity contribution >= 4 is 7.28 Å². The average Bonchev–Trinajstić information content (AvgIpc) is 2.38. The minimum Gasteiger partial charge on any atom is -0.0914 e. The van der Waals surface area contributed by atoms with Gasteiger partial charge in [0, 0.05) is 0 Å². The van der Waals surface area contributed by atoms with Gasteiger partial charge >= 0.3 is 0 Å². The summed E-state index contributed by atoms with van der Waals surface area (Å²) in [5.74, 6) is 0. The number of hydrogen-bond donors (Lipinski definition) is 0. The van der Waals surface area contributed by atoms with Crippen molar-refractivity contribution in [3.8, 4) is 0 Å². The normalized spacial score (nSPS) is 11.8. The van der Waals surface area contributed by atoms with Crippen molar-refractivity contribution in [2.24, 2.45) is 0 Å². The van der Waals surface area contributed by atoms with Gasteiger partial charge in [0.25, 0.3) is 0 Å².